The molecule has 0 aliphatic carbocycles. The first-order chi connectivity index (χ1) is 14.9. The van der Waals surface area contributed by atoms with Crippen molar-refractivity contribution in [3.63, 3.8) is 0 Å². The molecule has 0 spiro atoms. The minimum absolute atomic E-state index is 0.00590. The Morgan fingerprint density at radius 2 is 1.94 bits per heavy atom. The van der Waals surface area contributed by atoms with Gasteiger partial charge in [0.1, 0.15) is 0 Å². The van der Waals surface area contributed by atoms with Crippen LogP contribution in [0.5, 0.6) is 0 Å². The summed E-state index contributed by atoms with van der Waals surface area (Å²) in [4.78, 5) is 4.62. The molecule has 0 unspecified atom stereocenters. The molecule has 2 fully saturated rings. The Kier molecular flexibility index (Phi) is 7.79. The highest BCUT2D eigenvalue weighted by atomic mass is 32.2. The molecule has 0 radical (unpaired) electrons. The first-order valence-corrected chi connectivity index (χ1v) is 12.9. The van der Waals surface area contributed by atoms with Crippen molar-refractivity contribution in [3.8, 4) is 0 Å². The van der Waals surface area contributed by atoms with Gasteiger partial charge in [-0.05, 0) is 42.4 Å². The van der Waals surface area contributed by atoms with Gasteiger partial charge >= 0.3 is 6.18 Å². The highest BCUT2D eigenvalue weighted by Crippen LogP contribution is 2.33. The molecule has 0 aromatic heterocycles. The van der Waals surface area contributed by atoms with E-state index in [1.54, 1.807) is 12.1 Å². The van der Waals surface area contributed by atoms with Gasteiger partial charge in [-0.25, -0.2) is 8.42 Å². The van der Waals surface area contributed by atoms with E-state index in [1.165, 1.54) is 0 Å². The fourth-order valence-corrected chi connectivity index (χ4v) is 5.64. The van der Waals surface area contributed by atoms with E-state index >= 15 is 0 Å². The Morgan fingerprint density at radius 1 is 1.22 bits per heavy atom. The predicted octanol–water partition coefficient (Wildman–Crippen LogP) is 3.09. The van der Waals surface area contributed by atoms with Crippen LogP contribution in [0, 0.1) is 11.8 Å². The number of ether oxygens (including phenoxy) is 1. The van der Waals surface area contributed by atoms with Crippen LogP contribution < -0.4 is 4.90 Å². The van der Waals surface area contributed by atoms with Crippen LogP contribution >= 0.6 is 0 Å². The van der Waals surface area contributed by atoms with E-state index in [0.29, 0.717) is 37.5 Å². The van der Waals surface area contributed by atoms with E-state index in [0.717, 1.165) is 18.5 Å². The third-order valence-electron chi connectivity index (χ3n) is 6.52. The van der Waals surface area contributed by atoms with Gasteiger partial charge in [-0.2, -0.15) is 13.2 Å². The lowest BCUT2D eigenvalue weighted by Gasteiger charge is -2.46. The van der Waals surface area contributed by atoms with E-state index in [1.807, 2.05) is 6.07 Å². The number of aliphatic hydroxyl groups is 1. The van der Waals surface area contributed by atoms with Crippen molar-refractivity contribution in [2.24, 2.45) is 11.8 Å². The highest BCUT2D eigenvalue weighted by molar-refractivity contribution is 7.90. The van der Waals surface area contributed by atoms with Gasteiger partial charge in [-0.15, -0.1) is 0 Å². The molecule has 2 saturated heterocycles. The second-order valence-corrected chi connectivity index (χ2v) is 11.3. The van der Waals surface area contributed by atoms with E-state index in [9.17, 15) is 26.7 Å². The number of sulfone groups is 1. The summed E-state index contributed by atoms with van der Waals surface area (Å²) in [5, 5.41) is 9.49. The number of aliphatic hydroxyl groups excluding tert-OH is 1. The average molecular weight is 479 g/mol. The molecule has 2 aliphatic heterocycles. The predicted molar refractivity (Wildman–Crippen MR) is 116 cm³/mol. The number of piperazine rings is 1. The second-order valence-electron chi connectivity index (χ2n) is 9.28. The van der Waals surface area contributed by atoms with Gasteiger partial charge in [0.2, 0.25) is 0 Å². The number of hydrogen-bond donors (Lipinski definition) is 1. The molecule has 3 atom stereocenters. The summed E-state index contributed by atoms with van der Waals surface area (Å²) in [6.45, 7) is 6.82. The van der Waals surface area contributed by atoms with Crippen LogP contribution in [-0.4, -0.2) is 75.8 Å². The quantitative estimate of drug-likeness (QED) is 0.678. The normalized spacial score (nSPS) is 26.0. The van der Waals surface area contributed by atoms with E-state index in [2.05, 4.69) is 23.6 Å². The first-order valence-electron chi connectivity index (χ1n) is 11.0. The molecule has 0 saturated carbocycles. The maximum Gasteiger partial charge on any atom is 0.414 e. The number of rotatable bonds is 6. The molecular formula is C22H33F3N2O4S. The van der Waals surface area contributed by atoms with Gasteiger partial charge in [0, 0.05) is 44.2 Å². The van der Waals surface area contributed by atoms with Gasteiger partial charge in [0.25, 0.3) is 0 Å². The van der Waals surface area contributed by atoms with Crippen LogP contribution in [-0.2, 0) is 21.2 Å². The molecule has 1 aromatic rings. The number of halogens is 3. The van der Waals surface area contributed by atoms with E-state index in [4.69, 9.17) is 4.74 Å². The number of anilines is 1. The molecule has 0 bridgehead atoms. The van der Waals surface area contributed by atoms with Gasteiger partial charge < -0.3 is 14.7 Å². The molecular weight excluding hydrogens is 445 g/mol. The van der Waals surface area contributed by atoms with Gasteiger partial charge in [0.05, 0.1) is 18.1 Å². The lowest BCUT2D eigenvalue weighted by molar-refractivity contribution is -0.236. The largest absolute Gasteiger partial charge is 0.414 e. The van der Waals surface area contributed by atoms with Crippen molar-refractivity contribution in [1.29, 1.82) is 0 Å². The van der Waals surface area contributed by atoms with Crippen molar-refractivity contribution in [3.05, 3.63) is 23.8 Å². The molecule has 2 heterocycles. The Balaban J connectivity index is 1.68. The van der Waals surface area contributed by atoms with Crippen molar-refractivity contribution in [2.45, 2.75) is 56.5 Å². The fourth-order valence-electron chi connectivity index (χ4n) is 4.70. The number of alkyl halides is 3. The lowest BCUT2D eigenvalue weighted by Crippen LogP contribution is -2.57. The van der Waals surface area contributed by atoms with Crippen LogP contribution in [0.2, 0.25) is 0 Å². The lowest BCUT2D eigenvalue weighted by atomic mass is 9.93. The zero-order valence-electron chi connectivity index (χ0n) is 18.8. The summed E-state index contributed by atoms with van der Waals surface area (Å²) in [7, 11) is -3.47. The number of nitrogens with zero attached hydrogens (tertiary/aromatic N) is 2. The summed E-state index contributed by atoms with van der Waals surface area (Å²) in [5.74, 6) is 0.387. The smallest absolute Gasteiger partial charge is 0.392 e. The zero-order valence-corrected chi connectivity index (χ0v) is 19.6. The highest BCUT2D eigenvalue weighted by Gasteiger charge is 2.43. The van der Waals surface area contributed by atoms with Crippen molar-refractivity contribution in [1.82, 2.24) is 4.90 Å². The molecule has 32 heavy (non-hydrogen) atoms. The summed E-state index contributed by atoms with van der Waals surface area (Å²) >= 11 is 0. The van der Waals surface area contributed by atoms with Gasteiger partial charge in [-0.1, -0.05) is 19.9 Å². The van der Waals surface area contributed by atoms with Crippen molar-refractivity contribution < 1.29 is 31.4 Å². The third kappa shape index (κ3) is 5.95. The standard InChI is InChI=1S/C22H33F3N2O4S/c1-15(2)19-12-26(18-6-5-17(13-28)20(10-18)32(3,29)30)8-9-27(19)11-16-4-7-21(31-14-16)22(23,24)25/h5-6,10,15-16,19,21,28H,4,7-9,11-14H2,1-3H3/t16-,19-,21+/m1/s1. The van der Waals surface area contributed by atoms with Crippen LogP contribution in [0.3, 0.4) is 0 Å². The van der Waals surface area contributed by atoms with E-state index < -0.39 is 22.1 Å². The topological polar surface area (TPSA) is 70.1 Å². The summed E-state index contributed by atoms with van der Waals surface area (Å²) in [6, 6.07) is 5.29. The third-order valence-corrected chi connectivity index (χ3v) is 7.70. The molecule has 6 nitrogen and oxygen atoms in total. The molecule has 10 heteroatoms. The monoisotopic (exact) mass is 478 g/mol. The minimum atomic E-state index is -4.30. The summed E-state index contributed by atoms with van der Waals surface area (Å²) in [6.07, 6.45) is -4.31. The molecule has 1 N–H and O–H groups in total. The second kappa shape index (κ2) is 9.87. The van der Waals surface area contributed by atoms with Crippen LogP contribution in [0.25, 0.3) is 0 Å². The maximum atomic E-state index is 12.9. The van der Waals surface area contributed by atoms with Gasteiger partial charge in [-0.3, -0.25) is 4.90 Å². The molecule has 3 rings (SSSR count). The Labute approximate surface area is 188 Å². The average Bonchev–Trinajstić information content (AvgIpc) is 2.72. The van der Waals surface area contributed by atoms with Crippen LogP contribution in [0.1, 0.15) is 32.3 Å². The number of hydrogen-bond acceptors (Lipinski definition) is 6. The summed E-state index contributed by atoms with van der Waals surface area (Å²) < 4.78 is 68.0. The van der Waals surface area contributed by atoms with Crippen LogP contribution in [0.4, 0.5) is 18.9 Å². The maximum absolute atomic E-state index is 12.9. The molecule has 1 aromatic carbocycles. The fraction of sp³-hybridized carbons (Fsp3) is 0.727. The Hall–Kier alpha value is -1.36. The molecule has 2 aliphatic rings. The summed E-state index contributed by atoms with van der Waals surface area (Å²) in [5.41, 5.74) is 1.17. The van der Waals surface area contributed by atoms with Gasteiger partial charge in [0.15, 0.2) is 15.9 Å². The zero-order chi connectivity index (χ0) is 23.7. The van der Waals surface area contributed by atoms with Crippen LogP contribution in [0.15, 0.2) is 23.1 Å². The van der Waals surface area contributed by atoms with E-state index in [-0.39, 0.29) is 36.5 Å². The van der Waals surface area contributed by atoms with Crippen molar-refractivity contribution >= 4 is 15.5 Å². The SMILES string of the molecule is CC(C)[C@H]1CN(c2ccc(CO)c(S(C)(=O)=O)c2)CCN1C[C@H]1CC[C@@H](C(F)(F)F)OC1. The van der Waals surface area contributed by atoms with Crippen molar-refractivity contribution in [2.75, 3.05) is 43.9 Å². The Bertz CT molecular complexity index is 884. The Morgan fingerprint density at radius 3 is 2.47 bits per heavy atom. The minimum Gasteiger partial charge on any atom is -0.392 e. The molecule has 182 valence electrons. The first kappa shape index (κ1) is 25.3. The molecule has 0 amide bonds. The number of benzene rings is 1.